The Balaban J connectivity index is 2.09. The van der Waals surface area contributed by atoms with Gasteiger partial charge in [-0.25, -0.2) is 4.98 Å². The maximum absolute atomic E-state index is 12.8. The van der Waals surface area contributed by atoms with E-state index in [1.807, 2.05) is 47.3 Å². The molecule has 0 fully saturated rings. The van der Waals surface area contributed by atoms with E-state index in [1.165, 1.54) is 0 Å². The van der Waals surface area contributed by atoms with Crippen LogP contribution >= 0.6 is 11.3 Å². The van der Waals surface area contributed by atoms with Crippen molar-refractivity contribution in [3.63, 3.8) is 0 Å². The van der Waals surface area contributed by atoms with Crippen molar-refractivity contribution >= 4 is 33.1 Å². The summed E-state index contributed by atoms with van der Waals surface area (Å²) in [6.45, 7) is 0. The Kier molecular flexibility index (Phi) is 3.16. The molecule has 23 heavy (non-hydrogen) atoms. The second-order valence-electron chi connectivity index (χ2n) is 5.34. The first-order chi connectivity index (χ1) is 11.2. The first-order valence-electron chi connectivity index (χ1n) is 7.19. The molecule has 0 bridgehead atoms. The summed E-state index contributed by atoms with van der Waals surface area (Å²) in [5.41, 5.74) is 2.84. The molecule has 0 aliphatic carbocycles. The zero-order chi connectivity index (χ0) is 16.0. The molecule has 2 heterocycles. The molecule has 0 saturated carbocycles. The van der Waals surface area contributed by atoms with E-state index in [0.29, 0.717) is 16.5 Å². The van der Waals surface area contributed by atoms with Gasteiger partial charge in [0.1, 0.15) is 10.8 Å². The Bertz CT molecular complexity index is 1080. The monoisotopic (exact) mass is 322 g/mol. The lowest BCUT2D eigenvalue weighted by molar-refractivity contribution is 0.415. The van der Waals surface area contributed by atoms with E-state index < -0.39 is 0 Å². The van der Waals surface area contributed by atoms with Gasteiger partial charge in [-0.2, -0.15) is 0 Å². The largest absolute Gasteiger partial charge is 0.497 e. The van der Waals surface area contributed by atoms with Crippen molar-refractivity contribution in [1.29, 1.82) is 0 Å². The van der Waals surface area contributed by atoms with Crippen molar-refractivity contribution in [2.24, 2.45) is 7.05 Å². The molecule has 0 N–H and O–H groups in total. The number of thiazole rings is 1. The van der Waals surface area contributed by atoms with Crippen molar-refractivity contribution in [1.82, 2.24) is 9.55 Å². The average molecular weight is 322 g/mol. The highest BCUT2D eigenvalue weighted by Crippen LogP contribution is 2.27. The molecule has 0 aliphatic heterocycles. The van der Waals surface area contributed by atoms with E-state index in [2.05, 4.69) is 4.98 Å². The first-order valence-corrected chi connectivity index (χ1v) is 8.07. The number of pyridine rings is 1. The molecule has 5 heteroatoms. The smallest absolute Gasteiger partial charge is 0.197 e. The maximum Gasteiger partial charge on any atom is 0.197 e. The predicted molar refractivity (Wildman–Crippen MR) is 94.4 cm³/mol. The minimum atomic E-state index is 0.0256. The predicted octanol–water partition coefficient (Wildman–Crippen LogP) is 3.82. The van der Waals surface area contributed by atoms with Gasteiger partial charge < -0.3 is 9.30 Å². The Hall–Kier alpha value is -2.66. The second-order valence-corrected chi connectivity index (χ2v) is 6.23. The van der Waals surface area contributed by atoms with Gasteiger partial charge in [-0.1, -0.05) is 6.07 Å². The molecule has 4 nitrogen and oxygen atoms in total. The molecule has 0 saturated heterocycles. The van der Waals surface area contributed by atoms with E-state index >= 15 is 0 Å². The normalized spacial score (nSPS) is 11.2. The Morgan fingerprint density at radius 1 is 1.09 bits per heavy atom. The standard InChI is InChI=1S/C18H14N2O2S/c1-20-15-6-4-12(22-2)10-14(15)17(21)13-5-3-11(9-16(13)20)18-19-7-8-23-18/h3-10H,1-2H3. The van der Waals surface area contributed by atoms with E-state index in [1.54, 1.807) is 30.7 Å². The minimum Gasteiger partial charge on any atom is -0.497 e. The van der Waals surface area contributed by atoms with Crippen LogP contribution in [0.3, 0.4) is 0 Å². The fourth-order valence-electron chi connectivity index (χ4n) is 2.89. The van der Waals surface area contributed by atoms with Crippen molar-refractivity contribution < 1.29 is 4.74 Å². The van der Waals surface area contributed by atoms with Gasteiger partial charge in [-0.3, -0.25) is 4.79 Å². The lowest BCUT2D eigenvalue weighted by Gasteiger charge is -2.12. The van der Waals surface area contributed by atoms with Crippen LogP contribution in [-0.4, -0.2) is 16.7 Å². The van der Waals surface area contributed by atoms with Crippen molar-refractivity contribution in [3.8, 4) is 16.3 Å². The molecular formula is C18H14N2O2S. The zero-order valence-corrected chi connectivity index (χ0v) is 13.6. The van der Waals surface area contributed by atoms with Crippen molar-refractivity contribution in [3.05, 3.63) is 58.2 Å². The number of aromatic nitrogens is 2. The number of nitrogens with zero attached hydrogens (tertiary/aromatic N) is 2. The molecule has 114 valence electrons. The van der Waals surface area contributed by atoms with Crippen LogP contribution in [0, 0.1) is 0 Å². The van der Waals surface area contributed by atoms with Gasteiger partial charge in [0.05, 0.1) is 18.1 Å². The zero-order valence-electron chi connectivity index (χ0n) is 12.7. The molecule has 2 aromatic heterocycles. The summed E-state index contributed by atoms with van der Waals surface area (Å²) >= 11 is 1.59. The quantitative estimate of drug-likeness (QED) is 0.527. The fraction of sp³-hybridized carbons (Fsp3) is 0.111. The lowest BCUT2D eigenvalue weighted by atomic mass is 10.1. The molecule has 0 atom stereocenters. The summed E-state index contributed by atoms with van der Waals surface area (Å²) in [7, 11) is 3.58. The minimum absolute atomic E-state index is 0.0256. The molecule has 4 rings (SSSR count). The molecular weight excluding hydrogens is 308 g/mol. The number of hydrogen-bond acceptors (Lipinski definition) is 4. The number of aryl methyl sites for hydroxylation is 1. The third kappa shape index (κ3) is 2.12. The third-order valence-corrected chi connectivity index (χ3v) is 4.91. The van der Waals surface area contributed by atoms with Gasteiger partial charge in [0.25, 0.3) is 0 Å². The fourth-order valence-corrected chi connectivity index (χ4v) is 3.53. The number of methoxy groups -OCH3 is 1. The summed E-state index contributed by atoms with van der Waals surface area (Å²) in [4.78, 5) is 17.2. The van der Waals surface area contributed by atoms with Crippen LogP contribution in [0.1, 0.15) is 0 Å². The van der Waals surface area contributed by atoms with E-state index in [0.717, 1.165) is 21.6 Å². The highest BCUT2D eigenvalue weighted by atomic mass is 32.1. The molecule has 0 unspecified atom stereocenters. The van der Waals surface area contributed by atoms with Crippen LogP contribution in [0.2, 0.25) is 0 Å². The summed E-state index contributed by atoms with van der Waals surface area (Å²) in [5, 5.41) is 4.27. The van der Waals surface area contributed by atoms with E-state index in [4.69, 9.17) is 4.74 Å². The first kappa shape index (κ1) is 14.0. The highest BCUT2D eigenvalue weighted by Gasteiger charge is 2.11. The third-order valence-electron chi connectivity index (χ3n) is 4.09. The van der Waals surface area contributed by atoms with Crippen LogP contribution < -0.4 is 10.2 Å². The number of benzene rings is 2. The number of ether oxygens (including phenoxy) is 1. The van der Waals surface area contributed by atoms with Crippen LogP contribution in [0.4, 0.5) is 0 Å². The maximum atomic E-state index is 12.8. The molecule has 0 amide bonds. The van der Waals surface area contributed by atoms with Gasteiger partial charge in [0.2, 0.25) is 0 Å². The summed E-state index contributed by atoms with van der Waals surface area (Å²) < 4.78 is 7.29. The van der Waals surface area contributed by atoms with Gasteiger partial charge in [0, 0.05) is 35.0 Å². The van der Waals surface area contributed by atoms with Crippen LogP contribution in [0.15, 0.2) is 52.8 Å². The SMILES string of the molecule is COc1ccc2c(c1)c(=O)c1ccc(-c3nccs3)cc1n2C. The van der Waals surface area contributed by atoms with E-state index in [9.17, 15) is 4.79 Å². The molecule has 2 aromatic carbocycles. The summed E-state index contributed by atoms with van der Waals surface area (Å²) in [6.07, 6.45) is 1.79. The topological polar surface area (TPSA) is 44.1 Å². The molecule has 0 radical (unpaired) electrons. The summed E-state index contributed by atoms with van der Waals surface area (Å²) in [5.74, 6) is 0.688. The van der Waals surface area contributed by atoms with Gasteiger partial charge in [-0.05, 0) is 30.3 Å². The Morgan fingerprint density at radius 3 is 2.70 bits per heavy atom. The van der Waals surface area contributed by atoms with Gasteiger partial charge in [0.15, 0.2) is 5.43 Å². The van der Waals surface area contributed by atoms with Crippen molar-refractivity contribution in [2.45, 2.75) is 0 Å². The van der Waals surface area contributed by atoms with Gasteiger partial charge in [-0.15, -0.1) is 11.3 Å². The second kappa shape index (κ2) is 5.21. The average Bonchev–Trinajstić information content (AvgIpc) is 3.13. The van der Waals surface area contributed by atoms with Crippen LogP contribution in [-0.2, 0) is 7.05 Å². The van der Waals surface area contributed by atoms with Crippen LogP contribution in [0.25, 0.3) is 32.4 Å². The number of hydrogen-bond donors (Lipinski definition) is 0. The highest BCUT2D eigenvalue weighted by molar-refractivity contribution is 7.13. The van der Waals surface area contributed by atoms with Crippen LogP contribution in [0.5, 0.6) is 5.75 Å². The van der Waals surface area contributed by atoms with Gasteiger partial charge >= 0.3 is 0 Å². The number of rotatable bonds is 2. The molecule has 4 aromatic rings. The Labute approximate surface area is 136 Å². The van der Waals surface area contributed by atoms with E-state index in [-0.39, 0.29) is 5.43 Å². The summed E-state index contributed by atoms with van der Waals surface area (Å²) in [6, 6.07) is 11.5. The number of fused-ring (bicyclic) bond motifs is 2. The molecule has 0 spiro atoms. The lowest BCUT2D eigenvalue weighted by Crippen LogP contribution is -2.09. The molecule has 0 aliphatic rings. The van der Waals surface area contributed by atoms with Crippen molar-refractivity contribution in [2.75, 3.05) is 7.11 Å². The Morgan fingerprint density at radius 2 is 1.96 bits per heavy atom.